The summed E-state index contributed by atoms with van der Waals surface area (Å²) in [5, 5.41) is 3.35. The molecule has 0 fully saturated rings. The van der Waals surface area contributed by atoms with Gasteiger partial charge in [0, 0.05) is 23.8 Å². The summed E-state index contributed by atoms with van der Waals surface area (Å²) in [5.74, 6) is 0. The fourth-order valence-electron chi connectivity index (χ4n) is 1.95. The molecule has 1 N–H and O–H groups in total. The monoisotopic (exact) mass is 304 g/mol. The summed E-state index contributed by atoms with van der Waals surface area (Å²) < 4.78 is 2.58. The number of hydrogen-bond acceptors (Lipinski definition) is 4. The highest BCUT2D eigenvalue weighted by Gasteiger charge is 2.03. The molecular weight excluding hydrogens is 292 g/mol. The summed E-state index contributed by atoms with van der Waals surface area (Å²) in [6.07, 6.45) is 5.46. The van der Waals surface area contributed by atoms with Crippen LogP contribution < -0.4 is 5.32 Å². The molecule has 2 heterocycles. The van der Waals surface area contributed by atoms with Gasteiger partial charge in [0.1, 0.15) is 0 Å². The van der Waals surface area contributed by atoms with Crippen molar-refractivity contribution in [1.82, 2.24) is 14.5 Å². The summed E-state index contributed by atoms with van der Waals surface area (Å²) in [7, 11) is 1.99. The number of benzene rings is 1. The minimum Gasteiger partial charge on any atom is -0.380 e. The maximum atomic E-state index is 5.81. The highest BCUT2D eigenvalue weighted by Crippen LogP contribution is 2.22. The number of imidazole rings is 1. The smallest absolute Gasteiger partial charge is 0.183 e. The Morgan fingerprint density at radius 2 is 2.05 bits per heavy atom. The third kappa shape index (κ3) is 2.84. The fourth-order valence-corrected chi connectivity index (χ4v) is 2.87. The second-order valence-corrected chi connectivity index (χ2v) is 6.10. The van der Waals surface area contributed by atoms with Crippen molar-refractivity contribution in [2.24, 2.45) is 7.05 Å². The SMILES string of the molecule is Cn1cncc1-c1ccc(NCc2cnc(Cl)s2)cc1. The van der Waals surface area contributed by atoms with Gasteiger partial charge in [0.25, 0.3) is 0 Å². The van der Waals surface area contributed by atoms with E-state index < -0.39 is 0 Å². The molecule has 0 saturated heterocycles. The van der Waals surface area contributed by atoms with Gasteiger partial charge in [-0.25, -0.2) is 9.97 Å². The molecule has 0 atom stereocenters. The molecule has 2 aromatic heterocycles. The lowest BCUT2D eigenvalue weighted by Crippen LogP contribution is -1.97. The van der Waals surface area contributed by atoms with Gasteiger partial charge < -0.3 is 9.88 Å². The van der Waals surface area contributed by atoms with Gasteiger partial charge in [0.05, 0.1) is 24.8 Å². The van der Waals surface area contributed by atoms with Gasteiger partial charge in [-0.2, -0.15) is 0 Å². The first-order valence-electron chi connectivity index (χ1n) is 6.13. The van der Waals surface area contributed by atoms with Crippen LogP contribution in [-0.4, -0.2) is 14.5 Å². The van der Waals surface area contributed by atoms with Crippen LogP contribution in [0.3, 0.4) is 0 Å². The second-order valence-electron chi connectivity index (χ2n) is 4.40. The van der Waals surface area contributed by atoms with Gasteiger partial charge in [-0.1, -0.05) is 23.7 Å². The molecule has 4 nitrogen and oxygen atoms in total. The van der Waals surface area contributed by atoms with E-state index in [1.165, 1.54) is 11.3 Å². The number of halogens is 1. The molecular formula is C14H13ClN4S. The average Bonchev–Trinajstić information content (AvgIpc) is 3.06. The van der Waals surface area contributed by atoms with Crippen LogP contribution in [0.2, 0.25) is 4.47 Å². The maximum Gasteiger partial charge on any atom is 0.183 e. The van der Waals surface area contributed by atoms with Crippen LogP contribution in [-0.2, 0) is 13.6 Å². The predicted molar refractivity (Wildman–Crippen MR) is 83.1 cm³/mol. The number of nitrogens with one attached hydrogen (secondary N) is 1. The van der Waals surface area contributed by atoms with E-state index in [2.05, 4.69) is 39.6 Å². The van der Waals surface area contributed by atoms with Crippen LogP contribution in [0.25, 0.3) is 11.3 Å². The topological polar surface area (TPSA) is 42.7 Å². The molecule has 102 valence electrons. The Kier molecular flexibility index (Phi) is 3.71. The molecule has 20 heavy (non-hydrogen) atoms. The van der Waals surface area contributed by atoms with E-state index in [9.17, 15) is 0 Å². The fraction of sp³-hybridized carbons (Fsp3) is 0.143. The molecule has 3 rings (SSSR count). The molecule has 0 spiro atoms. The van der Waals surface area contributed by atoms with E-state index in [0.29, 0.717) is 4.47 Å². The lowest BCUT2D eigenvalue weighted by molar-refractivity contribution is 0.921. The minimum absolute atomic E-state index is 0.577. The molecule has 1 aromatic carbocycles. The largest absolute Gasteiger partial charge is 0.380 e. The summed E-state index contributed by atoms with van der Waals surface area (Å²) >= 11 is 7.30. The Morgan fingerprint density at radius 3 is 2.65 bits per heavy atom. The number of anilines is 1. The van der Waals surface area contributed by atoms with E-state index >= 15 is 0 Å². The van der Waals surface area contributed by atoms with Gasteiger partial charge in [-0.3, -0.25) is 0 Å². The molecule has 6 heteroatoms. The Labute approximate surface area is 126 Å². The summed E-state index contributed by atoms with van der Waals surface area (Å²) in [6, 6.07) is 8.29. The maximum absolute atomic E-state index is 5.81. The van der Waals surface area contributed by atoms with Crippen LogP contribution in [0.4, 0.5) is 5.69 Å². The van der Waals surface area contributed by atoms with Crippen molar-refractivity contribution in [3.63, 3.8) is 0 Å². The molecule has 0 unspecified atom stereocenters. The lowest BCUT2D eigenvalue weighted by atomic mass is 10.1. The van der Waals surface area contributed by atoms with Gasteiger partial charge in [-0.15, -0.1) is 11.3 Å². The van der Waals surface area contributed by atoms with E-state index in [4.69, 9.17) is 11.6 Å². The molecule has 3 aromatic rings. The van der Waals surface area contributed by atoms with E-state index in [1.54, 1.807) is 12.5 Å². The van der Waals surface area contributed by atoms with Crippen LogP contribution in [0.15, 0.2) is 43.0 Å². The standard InChI is InChI=1S/C14H13ClN4S/c1-19-9-16-8-13(19)10-2-4-11(5-3-10)17-6-12-7-18-14(15)20-12/h2-5,7-9,17H,6H2,1H3. The number of aromatic nitrogens is 3. The normalized spacial score (nSPS) is 10.7. The highest BCUT2D eigenvalue weighted by atomic mass is 35.5. The molecule has 0 bridgehead atoms. The Balaban J connectivity index is 1.69. The van der Waals surface area contributed by atoms with Crippen molar-refractivity contribution in [2.75, 3.05) is 5.32 Å². The van der Waals surface area contributed by atoms with Gasteiger partial charge in [0.15, 0.2) is 4.47 Å². The molecule has 0 aliphatic rings. The van der Waals surface area contributed by atoms with E-state index in [0.717, 1.165) is 28.4 Å². The molecule has 0 aliphatic carbocycles. The molecule has 0 amide bonds. The van der Waals surface area contributed by atoms with Crippen molar-refractivity contribution in [3.8, 4) is 11.3 Å². The highest BCUT2D eigenvalue weighted by molar-refractivity contribution is 7.15. The average molecular weight is 305 g/mol. The predicted octanol–water partition coefficient (Wildman–Crippen LogP) is 3.81. The molecule has 0 saturated carbocycles. The zero-order valence-corrected chi connectivity index (χ0v) is 12.4. The van der Waals surface area contributed by atoms with Crippen LogP contribution in [0.5, 0.6) is 0 Å². The first-order valence-corrected chi connectivity index (χ1v) is 7.32. The Bertz CT molecular complexity index is 702. The first kappa shape index (κ1) is 13.1. The second kappa shape index (κ2) is 5.64. The van der Waals surface area contributed by atoms with Gasteiger partial charge >= 0.3 is 0 Å². The van der Waals surface area contributed by atoms with Crippen molar-refractivity contribution < 1.29 is 0 Å². The van der Waals surface area contributed by atoms with E-state index in [1.807, 2.05) is 17.8 Å². The molecule has 0 aliphatic heterocycles. The number of hydrogen-bond donors (Lipinski definition) is 1. The number of rotatable bonds is 4. The summed E-state index contributed by atoms with van der Waals surface area (Å²) in [5.41, 5.74) is 3.32. The number of thiazole rings is 1. The minimum atomic E-state index is 0.577. The third-order valence-corrected chi connectivity index (χ3v) is 4.10. The van der Waals surface area contributed by atoms with Crippen LogP contribution in [0, 0.1) is 0 Å². The van der Waals surface area contributed by atoms with Crippen LogP contribution in [0.1, 0.15) is 4.88 Å². The number of aryl methyl sites for hydroxylation is 1. The summed E-state index contributed by atoms with van der Waals surface area (Å²) in [4.78, 5) is 9.27. The Hall–Kier alpha value is -1.85. The first-order chi connectivity index (χ1) is 9.72. The zero-order valence-electron chi connectivity index (χ0n) is 10.9. The van der Waals surface area contributed by atoms with E-state index in [-0.39, 0.29) is 0 Å². The van der Waals surface area contributed by atoms with Gasteiger partial charge in [0.2, 0.25) is 0 Å². The number of nitrogens with zero attached hydrogens (tertiary/aromatic N) is 3. The quantitative estimate of drug-likeness (QED) is 0.797. The van der Waals surface area contributed by atoms with Crippen molar-refractivity contribution in [2.45, 2.75) is 6.54 Å². The van der Waals surface area contributed by atoms with Crippen molar-refractivity contribution >= 4 is 28.6 Å². The van der Waals surface area contributed by atoms with Crippen LogP contribution >= 0.6 is 22.9 Å². The zero-order chi connectivity index (χ0) is 13.9. The van der Waals surface area contributed by atoms with Crippen molar-refractivity contribution in [3.05, 3.63) is 52.3 Å². The Morgan fingerprint density at radius 1 is 1.25 bits per heavy atom. The molecule has 0 radical (unpaired) electrons. The summed E-state index contributed by atoms with van der Waals surface area (Å²) in [6.45, 7) is 0.732. The van der Waals surface area contributed by atoms with Crippen molar-refractivity contribution in [1.29, 1.82) is 0 Å². The lowest BCUT2D eigenvalue weighted by Gasteiger charge is -2.06. The van der Waals surface area contributed by atoms with Gasteiger partial charge in [-0.05, 0) is 17.7 Å². The third-order valence-electron chi connectivity index (χ3n) is 2.99.